The van der Waals surface area contributed by atoms with Gasteiger partial charge in [0.15, 0.2) is 0 Å². The molecule has 0 aliphatic rings. The first-order valence-electron chi connectivity index (χ1n) is 9.55. The average molecular weight is 344 g/mol. The van der Waals surface area contributed by atoms with Crippen molar-refractivity contribution in [2.45, 2.75) is 96.5 Å². The molecule has 0 spiro atoms. The average Bonchev–Trinajstić information content (AvgIpc) is 2.55. The highest BCUT2D eigenvalue weighted by molar-refractivity contribution is 5.76. The highest BCUT2D eigenvalue weighted by Crippen LogP contribution is 2.19. The molecular weight excluding hydrogens is 306 g/mol. The second kappa shape index (κ2) is 15.4. The van der Waals surface area contributed by atoms with Crippen molar-refractivity contribution >= 4 is 11.9 Å². The molecule has 3 N–H and O–H groups in total. The maximum Gasteiger partial charge on any atom is 0.305 e. The van der Waals surface area contributed by atoms with Gasteiger partial charge in [-0.2, -0.15) is 0 Å². The SMILES string of the molecule is CCCCCC(O)CCCC(CCCCCCC(=O)OC)C(N)=O. The third-order valence-corrected chi connectivity index (χ3v) is 4.54. The number of rotatable bonds is 16. The van der Waals surface area contributed by atoms with Gasteiger partial charge in [-0.3, -0.25) is 9.59 Å². The Morgan fingerprint density at radius 2 is 1.50 bits per heavy atom. The van der Waals surface area contributed by atoms with Crippen LogP contribution in [0, 0.1) is 5.92 Å². The number of amides is 1. The molecule has 0 rings (SSSR count). The van der Waals surface area contributed by atoms with E-state index in [1.165, 1.54) is 7.11 Å². The third kappa shape index (κ3) is 13.3. The molecule has 0 aliphatic carbocycles. The number of ether oxygens (including phenoxy) is 1. The fourth-order valence-electron chi connectivity index (χ4n) is 2.92. The first-order valence-corrected chi connectivity index (χ1v) is 9.55. The Labute approximate surface area is 147 Å². The molecule has 1 amide bonds. The number of carbonyl (C=O) groups excluding carboxylic acids is 2. The van der Waals surface area contributed by atoms with E-state index >= 15 is 0 Å². The molecular formula is C19H37NO4. The number of aliphatic hydroxyl groups excluding tert-OH is 1. The normalized spacial score (nSPS) is 13.5. The van der Waals surface area contributed by atoms with E-state index in [2.05, 4.69) is 11.7 Å². The van der Waals surface area contributed by atoms with E-state index in [0.29, 0.717) is 6.42 Å². The van der Waals surface area contributed by atoms with E-state index in [1.807, 2.05) is 0 Å². The molecule has 0 heterocycles. The summed E-state index contributed by atoms with van der Waals surface area (Å²) in [6.07, 6.45) is 11.4. The van der Waals surface area contributed by atoms with E-state index in [-0.39, 0.29) is 23.9 Å². The summed E-state index contributed by atoms with van der Waals surface area (Å²) in [5, 5.41) is 9.91. The molecule has 0 aliphatic heterocycles. The lowest BCUT2D eigenvalue weighted by atomic mass is 9.93. The predicted molar refractivity (Wildman–Crippen MR) is 96.4 cm³/mol. The number of methoxy groups -OCH3 is 1. The van der Waals surface area contributed by atoms with Gasteiger partial charge in [0.2, 0.25) is 5.91 Å². The molecule has 0 aromatic rings. The number of aliphatic hydroxyl groups is 1. The van der Waals surface area contributed by atoms with Gasteiger partial charge in [0.05, 0.1) is 13.2 Å². The van der Waals surface area contributed by atoms with Crippen molar-refractivity contribution in [3.8, 4) is 0 Å². The summed E-state index contributed by atoms with van der Waals surface area (Å²) in [4.78, 5) is 22.5. The number of unbranched alkanes of at least 4 members (excludes halogenated alkanes) is 5. The van der Waals surface area contributed by atoms with E-state index in [0.717, 1.165) is 77.0 Å². The Kier molecular flexibility index (Phi) is 14.7. The van der Waals surface area contributed by atoms with Crippen LogP contribution in [0.15, 0.2) is 0 Å². The highest BCUT2D eigenvalue weighted by Gasteiger charge is 2.15. The Hall–Kier alpha value is -1.10. The fourth-order valence-corrected chi connectivity index (χ4v) is 2.92. The van der Waals surface area contributed by atoms with Crippen molar-refractivity contribution in [2.24, 2.45) is 11.7 Å². The van der Waals surface area contributed by atoms with Gasteiger partial charge < -0.3 is 15.6 Å². The minimum atomic E-state index is -0.247. The molecule has 0 aromatic heterocycles. The molecule has 0 radical (unpaired) electrons. The largest absolute Gasteiger partial charge is 0.469 e. The molecule has 0 bridgehead atoms. The first kappa shape index (κ1) is 22.9. The van der Waals surface area contributed by atoms with Crippen LogP contribution in [0.2, 0.25) is 0 Å². The summed E-state index contributed by atoms with van der Waals surface area (Å²) < 4.78 is 4.60. The molecule has 2 unspecified atom stereocenters. The molecule has 0 saturated carbocycles. The van der Waals surface area contributed by atoms with Crippen LogP contribution in [-0.2, 0) is 14.3 Å². The molecule has 5 nitrogen and oxygen atoms in total. The summed E-state index contributed by atoms with van der Waals surface area (Å²) in [7, 11) is 1.40. The zero-order valence-corrected chi connectivity index (χ0v) is 15.6. The third-order valence-electron chi connectivity index (χ3n) is 4.54. The van der Waals surface area contributed by atoms with Crippen LogP contribution in [0.5, 0.6) is 0 Å². The van der Waals surface area contributed by atoms with E-state index < -0.39 is 0 Å². The summed E-state index contributed by atoms with van der Waals surface area (Å²) in [6, 6.07) is 0. The van der Waals surface area contributed by atoms with Crippen LogP contribution in [0.4, 0.5) is 0 Å². The number of hydrogen-bond donors (Lipinski definition) is 2. The van der Waals surface area contributed by atoms with Gasteiger partial charge in [0, 0.05) is 12.3 Å². The van der Waals surface area contributed by atoms with Crippen LogP contribution in [0.1, 0.15) is 90.4 Å². The van der Waals surface area contributed by atoms with Gasteiger partial charge in [-0.05, 0) is 32.1 Å². The van der Waals surface area contributed by atoms with E-state index in [9.17, 15) is 14.7 Å². The van der Waals surface area contributed by atoms with Crippen LogP contribution in [-0.4, -0.2) is 30.2 Å². The standard InChI is InChI=1S/C19H37NO4/c1-3-4-7-13-17(21)14-10-12-16(19(20)23)11-8-5-6-9-15-18(22)24-2/h16-17,21H,3-15H2,1-2H3,(H2,20,23). The van der Waals surface area contributed by atoms with Crippen molar-refractivity contribution in [1.29, 1.82) is 0 Å². The second-order valence-corrected chi connectivity index (χ2v) is 6.71. The van der Waals surface area contributed by atoms with Crippen LogP contribution in [0.3, 0.4) is 0 Å². The van der Waals surface area contributed by atoms with E-state index in [1.54, 1.807) is 0 Å². The Morgan fingerprint density at radius 3 is 2.12 bits per heavy atom. The van der Waals surface area contributed by atoms with Crippen molar-refractivity contribution in [3.05, 3.63) is 0 Å². The smallest absolute Gasteiger partial charge is 0.305 e. The number of nitrogens with two attached hydrogens (primary N) is 1. The Morgan fingerprint density at radius 1 is 0.917 bits per heavy atom. The van der Waals surface area contributed by atoms with Crippen LogP contribution >= 0.6 is 0 Å². The summed E-state index contributed by atoms with van der Waals surface area (Å²) in [6.45, 7) is 2.15. The van der Waals surface area contributed by atoms with Crippen molar-refractivity contribution in [2.75, 3.05) is 7.11 Å². The number of carbonyl (C=O) groups is 2. The van der Waals surface area contributed by atoms with Gasteiger partial charge in [-0.25, -0.2) is 0 Å². The molecule has 142 valence electrons. The zero-order chi connectivity index (χ0) is 18.2. The maximum atomic E-state index is 11.5. The lowest BCUT2D eigenvalue weighted by molar-refractivity contribution is -0.140. The molecule has 5 heteroatoms. The first-order chi connectivity index (χ1) is 11.5. The summed E-state index contributed by atoms with van der Waals surface area (Å²) in [5.41, 5.74) is 5.49. The second-order valence-electron chi connectivity index (χ2n) is 6.71. The van der Waals surface area contributed by atoms with Crippen molar-refractivity contribution in [1.82, 2.24) is 0 Å². The van der Waals surface area contributed by atoms with Crippen molar-refractivity contribution in [3.63, 3.8) is 0 Å². The lowest BCUT2D eigenvalue weighted by Crippen LogP contribution is -2.23. The zero-order valence-electron chi connectivity index (χ0n) is 15.6. The molecule has 2 atom stereocenters. The van der Waals surface area contributed by atoms with Gasteiger partial charge in [-0.15, -0.1) is 0 Å². The van der Waals surface area contributed by atoms with Crippen LogP contribution in [0.25, 0.3) is 0 Å². The monoisotopic (exact) mass is 343 g/mol. The lowest BCUT2D eigenvalue weighted by Gasteiger charge is -2.15. The number of hydrogen-bond acceptors (Lipinski definition) is 4. The summed E-state index contributed by atoms with van der Waals surface area (Å²) >= 11 is 0. The quantitative estimate of drug-likeness (QED) is 0.330. The Bertz CT molecular complexity index is 333. The Balaban J connectivity index is 3.74. The van der Waals surface area contributed by atoms with E-state index in [4.69, 9.17) is 5.73 Å². The maximum absolute atomic E-state index is 11.5. The highest BCUT2D eigenvalue weighted by atomic mass is 16.5. The van der Waals surface area contributed by atoms with Gasteiger partial charge in [0.25, 0.3) is 0 Å². The minimum Gasteiger partial charge on any atom is -0.469 e. The number of primary amides is 1. The summed E-state index contributed by atoms with van der Waals surface area (Å²) in [5.74, 6) is -0.485. The molecule has 0 aromatic carbocycles. The minimum absolute atomic E-state index is 0.0894. The molecule has 0 saturated heterocycles. The molecule has 0 fully saturated rings. The fraction of sp³-hybridized carbons (Fsp3) is 0.895. The predicted octanol–water partition coefficient (Wildman–Crippen LogP) is 3.71. The van der Waals surface area contributed by atoms with Gasteiger partial charge >= 0.3 is 5.97 Å². The van der Waals surface area contributed by atoms with Crippen LogP contribution < -0.4 is 5.73 Å². The topological polar surface area (TPSA) is 89.6 Å². The van der Waals surface area contributed by atoms with Crippen molar-refractivity contribution < 1.29 is 19.4 Å². The van der Waals surface area contributed by atoms with Gasteiger partial charge in [0.1, 0.15) is 0 Å². The van der Waals surface area contributed by atoms with Gasteiger partial charge in [-0.1, -0.05) is 51.9 Å². The number of esters is 1. The molecule has 24 heavy (non-hydrogen) atoms.